The van der Waals surface area contributed by atoms with Crippen LogP contribution in [0.1, 0.15) is 31.7 Å². The quantitative estimate of drug-likeness (QED) is 0.709. The number of thiophene rings is 1. The monoisotopic (exact) mass is 428 g/mol. The fourth-order valence-corrected chi connectivity index (χ4v) is 7.03. The molecule has 1 fully saturated rings. The van der Waals surface area contributed by atoms with Gasteiger partial charge in [-0.25, -0.2) is 16.8 Å². The van der Waals surface area contributed by atoms with Crippen LogP contribution in [0.3, 0.4) is 0 Å². The number of rotatable bonds is 6. The summed E-state index contributed by atoms with van der Waals surface area (Å²) >= 11 is 1.17. The lowest BCUT2D eigenvalue weighted by molar-refractivity contribution is 0.273. The number of piperazine rings is 1. The normalized spacial score (nSPS) is 18.4. The van der Waals surface area contributed by atoms with Gasteiger partial charge in [0.25, 0.3) is 10.0 Å². The van der Waals surface area contributed by atoms with Gasteiger partial charge in [-0.15, -0.1) is 11.3 Å². The minimum absolute atomic E-state index is 0.153. The molecule has 0 aliphatic carbocycles. The van der Waals surface area contributed by atoms with Gasteiger partial charge in [-0.2, -0.15) is 8.61 Å². The fraction of sp³-hybridized carbons (Fsp3) is 0.444. The standard InChI is InChI=1S/C18H24N2O4S3/c1-3-15(2)16-6-8-17(9-7-16)26(21,22)19-10-12-20(13-11-19)27(23,24)18-5-4-14-25-18/h4-9,14-15H,3,10-13H2,1-2H3. The smallest absolute Gasteiger partial charge is 0.207 e. The first-order valence-corrected chi connectivity index (χ1v) is 12.7. The van der Waals surface area contributed by atoms with E-state index in [-0.39, 0.29) is 31.1 Å². The van der Waals surface area contributed by atoms with Crippen molar-refractivity contribution in [3.8, 4) is 0 Å². The summed E-state index contributed by atoms with van der Waals surface area (Å²) in [7, 11) is -7.16. The van der Waals surface area contributed by atoms with Gasteiger partial charge in [0.2, 0.25) is 10.0 Å². The minimum Gasteiger partial charge on any atom is -0.207 e. The first kappa shape index (κ1) is 20.5. The molecular formula is C18H24N2O4S3. The lowest BCUT2D eigenvalue weighted by Crippen LogP contribution is -2.50. The maximum atomic E-state index is 12.9. The third kappa shape index (κ3) is 4.12. The molecule has 2 aromatic rings. The molecule has 1 unspecified atom stereocenters. The summed E-state index contributed by atoms with van der Waals surface area (Å²) in [6, 6.07) is 10.3. The Labute approximate surface area is 165 Å². The average molecular weight is 429 g/mol. The molecule has 0 spiro atoms. The summed E-state index contributed by atoms with van der Waals surface area (Å²) < 4.78 is 53.9. The van der Waals surface area contributed by atoms with E-state index in [4.69, 9.17) is 0 Å². The first-order valence-electron chi connectivity index (χ1n) is 8.90. The lowest BCUT2D eigenvalue weighted by atomic mass is 9.99. The highest BCUT2D eigenvalue weighted by Crippen LogP contribution is 2.25. The molecule has 3 rings (SSSR count). The third-order valence-electron chi connectivity index (χ3n) is 4.99. The molecule has 1 saturated heterocycles. The fourth-order valence-electron chi connectivity index (χ4n) is 3.04. The first-order chi connectivity index (χ1) is 12.8. The highest BCUT2D eigenvalue weighted by molar-refractivity contribution is 7.91. The van der Waals surface area contributed by atoms with Gasteiger partial charge in [-0.3, -0.25) is 0 Å². The number of hydrogen-bond donors (Lipinski definition) is 0. The maximum absolute atomic E-state index is 12.9. The summed E-state index contributed by atoms with van der Waals surface area (Å²) in [5.41, 5.74) is 1.11. The van der Waals surface area contributed by atoms with Crippen LogP contribution in [0.25, 0.3) is 0 Å². The van der Waals surface area contributed by atoms with Crippen LogP contribution in [0, 0.1) is 0 Å². The Bertz CT molecular complexity index is 960. The topological polar surface area (TPSA) is 74.8 Å². The Balaban J connectivity index is 1.71. The van der Waals surface area contributed by atoms with Gasteiger partial charge >= 0.3 is 0 Å². The Morgan fingerprint density at radius 3 is 1.96 bits per heavy atom. The Kier molecular flexibility index (Phi) is 6.07. The van der Waals surface area contributed by atoms with Crippen molar-refractivity contribution in [2.24, 2.45) is 0 Å². The van der Waals surface area contributed by atoms with Gasteiger partial charge in [0.1, 0.15) is 4.21 Å². The molecule has 0 saturated carbocycles. The highest BCUT2D eigenvalue weighted by Gasteiger charge is 2.34. The zero-order valence-corrected chi connectivity index (χ0v) is 17.9. The molecule has 9 heteroatoms. The minimum atomic E-state index is -3.62. The second-order valence-corrected chi connectivity index (χ2v) is 11.7. The van der Waals surface area contributed by atoms with Crippen molar-refractivity contribution in [2.75, 3.05) is 26.2 Å². The van der Waals surface area contributed by atoms with E-state index in [0.717, 1.165) is 12.0 Å². The van der Waals surface area contributed by atoms with E-state index in [1.165, 1.54) is 19.9 Å². The number of hydrogen-bond acceptors (Lipinski definition) is 5. The van der Waals surface area contributed by atoms with Gasteiger partial charge < -0.3 is 0 Å². The summed E-state index contributed by atoms with van der Waals surface area (Å²) in [6.45, 7) is 4.82. The Hall–Kier alpha value is -1.26. The van der Waals surface area contributed by atoms with Crippen molar-refractivity contribution in [1.82, 2.24) is 8.61 Å². The van der Waals surface area contributed by atoms with Crippen LogP contribution >= 0.6 is 11.3 Å². The highest BCUT2D eigenvalue weighted by atomic mass is 32.2. The van der Waals surface area contributed by atoms with Crippen LogP contribution in [-0.4, -0.2) is 51.6 Å². The zero-order valence-electron chi connectivity index (χ0n) is 15.4. The molecule has 1 aromatic heterocycles. The molecule has 1 atom stereocenters. The van der Waals surface area contributed by atoms with E-state index in [9.17, 15) is 16.8 Å². The molecule has 2 heterocycles. The van der Waals surface area contributed by atoms with Crippen molar-refractivity contribution in [3.63, 3.8) is 0 Å². The molecule has 148 valence electrons. The van der Waals surface area contributed by atoms with Gasteiger partial charge in [0.05, 0.1) is 4.90 Å². The van der Waals surface area contributed by atoms with Gasteiger partial charge in [-0.1, -0.05) is 32.0 Å². The predicted molar refractivity (Wildman–Crippen MR) is 107 cm³/mol. The number of benzene rings is 1. The lowest BCUT2D eigenvalue weighted by Gasteiger charge is -2.33. The molecule has 0 amide bonds. The van der Waals surface area contributed by atoms with Gasteiger partial charge in [0.15, 0.2) is 0 Å². The van der Waals surface area contributed by atoms with Crippen LogP contribution < -0.4 is 0 Å². The van der Waals surface area contributed by atoms with Gasteiger partial charge in [-0.05, 0) is 41.5 Å². The number of sulfonamides is 2. The summed E-state index contributed by atoms with van der Waals surface area (Å²) in [4.78, 5) is 0.254. The van der Waals surface area contributed by atoms with Crippen LogP contribution in [-0.2, 0) is 20.0 Å². The van der Waals surface area contributed by atoms with E-state index < -0.39 is 20.0 Å². The zero-order chi connectivity index (χ0) is 19.7. The van der Waals surface area contributed by atoms with E-state index in [2.05, 4.69) is 13.8 Å². The van der Waals surface area contributed by atoms with Crippen molar-refractivity contribution < 1.29 is 16.8 Å². The number of nitrogens with zero attached hydrogens (tertiary/aromatic N) is 2. The van der Waals surface area contributed by atoms with Crippen LogP contribution in [0.15, 0.2) is 50.9 Å². The van der Waals surface area contributed by atoms with E-state index in [1.807, 2.05) is 12.1 Å². The largest absolute Gasteiger partial charge is 0.252 e. The Morgan fingerprint density at radius 1 is 0.926 bits per heavy atom. The predicted octanol–water partition coefficient (Wildman–Crippen LogP) is 2.96. The van der Waals surface area contributed by atoms with Crippen molar-refractivity contribution in [3.05, 3.63) is 47.3 Å². The van der Waals surface area contributed by atoms with Crippen LogP contribution in [0.2, 0.25) is 0 Å². The van der Waals surface area contributed by atoms with E-state index in [1.54, 1.807) is 29.6 Å². The average Bonchev–Trinajstić information content (AvgIpc) is 3.23. The second kappa shape index (κ2) is 8.00. The molecule has 1 aromatic carbocycles. The van der Waals surface area contributed by atoms with Crippen molar-refractivity contribution in [2.45, 2.75) is 35.3 Å². The Morgan fingerprint density at radius 2 is 1.48 bits per heavy atom. The molecule has 0 bridgehead atoms. The van der Waals surface area contributed by atoms with Crippen LogP contribution in [0.4, 0.5) is 0 Å². The second-order valence-electron chi connectivity index (χ2n) is 6.62. The third-order valence-corrected chi connectivity index (χ3v) is 10.2. The molecular weight excluding hydrogens is 404 g/mol. The SMILES string of the molecule is CCC(C)c1ccc(S(=O)(=O)N2CCN(S(=O)(=O)c3cccs3)CC2)cc1. The van der Waals surface area contributed by atoms with Crippen molar-refractivity contribution >= 4 is 31.4 Å². The molecule has 6 nitrogen and oxygen atoms in total. The molecule has 0 N–H and O–H groups in total. The van der Waals surface area contributed by atoms with E-state index >= 15 is 0 Å². The molecule has 1 aliphatic heterocycles. The van der Waals surface area contributed by atoms with Gasteiger partial charge in [0, 0.05) is 26.2 Å². The molecule has 1 aliphatic rings. The van der Waals surface area contributed by atoms with Crippen molar-refractivity contribution in [1.29, 1.82) is 0 Å². The van der Waals surface area contributed by atoms with E-state index in [0.29, 0.717) is 10.1 Å². The summed E-state index contributed by atoms with van der Waals surface area (Å²) in [5.74, 6) is 0.382. The van der Waals surface area contributed by atoms with Crippen LogP contribution in [0.5, 0.6) is 0 Å². The molecule has 0 radical (unpaired) electrons. The maximum Gasteiger partial charge on any atom is 0.252 e. The summed E-state index contributed by atoms with van der Waals surface area (Å²) in [5, 5.41) is 1.72. The molecule has 27 heavy (non-hydrogen) atoms. The summed E-state index contributed by atoms with van der Waals surface area (Å²) in [6.07, 6.45) is 0.993.